The molecule has 0 saturated heterocycles. The molecule has 176 valence electrons. The maximum Gasteiger partial charge on any atom is 0.251 e. The Morgan fingerprint density at radius 3 is 2.61 bits per heavy atom. The summed E-state index contributed by atoms with van der Waals surface area (Å²) in [4.78, 5) is 35.9. The number of hydrogen-bond acceptors (Lipinski definition) is 7. The molecule has 4 N–H and O–H groups in total. The summed E-state index contributed by atoms with van der Waals surface area (Å²) >= 11 is 0. The molecule has 2 aliphatic rings. The van der Waals surface area contributed by atoms with E-state index in [0.717, 1.165) is 32.1 Å². The van der Waals surface area contributed by atoms with Crippen LogP contribution >= 0.6 is 0 Å². The highest BCUT2D eigenvalue weighted by Crippen LogP contribution is 2.60. The summed E-state index contributed by atoms with van der Waals surface area (Å²) in [6.07, 6.45) is 6.16. The van der Waals surface area contributed by atoms with Gasteiger partial charge >= 0.3 is 0 Å². The number of nitrogens with one attached hydrogen (secondary N) is 1. The highest BCUT2D eigenvalue weighted by Gasteiger charge is 2.54. The number of nitrogens with two attached hydrogens (primary N) is 1. The Morgan fingerprint density at radius 1 is 1.33 bits per heavy atom. The van der Waals surface area contributed by atoms with Crippen molar-refractivity contribution in [3.8, 4) is 0 Å². The summed E-state index contributed by atoms with van der Waals surface area (Å²) < 4.78 is 14.3. The molecular formula is C23H29FN6O3. The summed E-state index contributed by atoms with van der Waals surface area (Å²) in [6, 6.07) is 2.58. The van der Waals surface area contributed by atoms with Crippen LogP contribution in [0.25, 0.3) is 0 Å². The van der Waals surface area contributed by atoms with Crippen LogP contribution in [0.5, 0.6) is 0 Å². The Labute approximate surface area is 191 Å². The quantitative estimate of drug-likeness (QED) is 0.521. The van der Waals surface area contributed by atoms with Crippen LogP contribution in [0.15, 0.2) is 18.3 Å². The smallest absolute Gasteiger partial charge is 0.251 e. The third-order valence-corrected chi connectivity index (χ3v) is 6.85. The molecule has 1 heterocycles. The zero-order chi connectivity index (χ0) is 23.9. The Kier molecular flexibility index (Phi) is 5.96. The molecule has 0 unspecified atom stereocenters. The number of carbonyl (C=O) groups excluding carboxylic acids is 2. The number of aliphatic hydroxyl groups is 1. The first-order valence-corrected chi connectivity index (χ1v) is 10.9. The highest BCUT2D eigenvalue weighted by molar-refractivity contribution is 5.94. The number of anilines is 4. The number of primary amides is 1. The monoisotopic (exact) mass is 456 g/mol. The second-order valence-electron chi connectivity index (χ2n) is 9.46. The van der Waals surface area contributed by atoms with Crippen molar-refractivity contribution in [1.29, 1.82) is 0 Å². The lowest BCUT2D eigenvalue weighted by molar-refractivity contribution is -0.111. The van der Waals surface area contributed by atoms with E-state index >= 15 is 0 Å². The SMILES string of the molecule is Cc1cc(C(N)=O)c(F)cc1Nc1ncc(N(C)C)c(N(C=O)C2CC3(CC(CO)C3)C2)n1. The van der Waals surface area contributed by atoms with E-state index < -0.39 is 11.7 Å². The molecule has 4 rings (SSSR count). The first-order chi connectivity index (χ1) is 15.7. The summed E-state index contributed by atoms with van der Waals surface area (Å²) in [5.74, 6) is -0.538. The van der Waals surface area contributed by atoms with Gasteiger partial charge in [0.2, 0.25) is 12.4 Å². The van der Waals surface area contributed by atoms with Gasteiger partial charge in [-0.15, -0.1) is 0 Å². The lowest BCUT2D eigenvalue weighted by Gasteiger charge is -2.59. The molecule has 0 aliphatic heterocycles. The van der Waals surface area contributed by atoms with Crippen molar-refractivity contribution in [1.82, 2.24) is 9.97 Å². The predicted octanol–water partition coefficient (Wildman–Crippen LogP) is 2.35. The largest absolute Gasteiger partial charge is 0.396 e. The van der Waals surface area contributed by atoms with Gasteiger partial charge in [0.05, 0.1) is 17.4 Å². The highest BCUT2D eigenvalue weighted by atomic mass is 19.1. The number of aliphatic hydroxyl groups excluding tert-OH is 1. The van der Waals surface area contributed by atoms with Crippen molar-refractivity contribution in [2.24, 2.45) is 17.1 Å². The predicted molar refractivity (Wildman–Crippen MR) is 123 cm³/mol. The van der Waals surface area contributed by atoms with E-state index in [0.29, 0.717) is 28.7 Å². The maximum absolute atomic E-state index is 14.3. The van der Waals surface area contributed by atoms with E-state index in [1.807, 2.05) is 19.0 Å². The molecule has 1 spiro atoms. The third kappa shape index (κ3) is 4.22. The average molecular weight is 457 g/mol. The first-order valence-electron chi connectivity index (χ1n) is 10.9. The van der Waals surface area contributed by atoms with Gasteiger partial charge in [0.25, 0.3) is 5.91 Å². The van der Waals surface area contributed by atoms with E-state index in [1.165, 1.54) is 12.1 Å². The molecule has 33 heavy (non-hydrogen) atoms. The Morgan fingerprint density at radius 2 is 2.03 bits per heavy atom. The van der Waals surface area contributed by atoms with Crippen LogP contribution in [0.2, 0.25) is 0 Å². The minimum Gasteiger partial charge on any atom is -0.396 e. The molecule has 2 saturated carbocycles. The van der Waals surface area contributed by atoms with Gasteiger partial charge < -0.3 is 21.1 Å². The van der Waals surface area contributed by atoms with Crippen LogP contribution in [-0.4, -0.2) is 54.1 Å². The Balaban J connectivity index is 1.59. The molecule has 0 atom stereocenters. The van der Waals surface area contributed by atoms with E-state index in [1.54, 1.807) is 18.0 Å². The van der Waals surface area contributed by atoms with Gasteiger partial charge in [0.15, 0.2) is 5.82 Å². The average Bonchev–Trinajstić information content (AvgIpc) is 2.70. The van der Waals surface area contributed by atoms with E-state index in [2.05, 4.69) is 15.3 Å². The Bertz CT molecular complexity index is 1080. The van der Waals surface area contributed by atoms with Gasteiger partial charge in [0.1, 0.15) is 5.82 Å². The molecule has 1 aromatic carbocycles. The maximum atomic E-state index is 14.3. The van der Waals surface area contributed by atoms with E-state index in [9.17, 15) is 19.1 Å². The zero-order valence-corrected chi connectivity index (χ0v) is 19.0. The molecule has 0 radical (unpaired) electrons. The minimum absolute atomic E-state index is 0.0256. The second-order valence-corrected chi connectivity index (χ2v) is 9.46. The van der Waals surface area contributed by atoms with Crippen molar-refractivity contribution < 1.29 is 19.1 Å². The van der Waals surface area contributed by atoms with Crippen LogP contribution in [0.1, 0.15) is 41.6 Å². The van der Waals surface area contributed by atoms with Gasteiger partial charge in [-0.1, -0.05) is 0 Å². The molecule has 0 bridgehead atoms. The summed E-state index contributed by atoms with van der Waals surface area (Å²) in [6.45, 7) is 1.93. The summed E-state index contributed by atoms with van der Waals surface area (Å²) in [5, 5.41) is 12.3. The fraction of sp³-hybridized carbons (Fsp3) is 0.478. The standard InChI is InChI=1S/C23H29FN6O3/c1-13-4-16(20(25)33)17(24)5-18(13)27-22-26-10-19(29(2)3)21(28-22)30(12-32)15-8-23(9-15)6-14(7-23)11-31/h4-5,10,12,14-15,31H,6-9,11H2,1-3H3,(H2,25,33)(H,26,27,28). The van der Waals surface area contributed by atoms with Crippen molar-refractivity contribution in [2.45, 2.75) is 38.6 Å². The van der Waals surface area contributed by atoms with Crippen LogP contribution < -0.4 is 20.9 Å². The van der Waals surface area contributed by atoms with Crippen LogP contribution in [0, 0.1) is 24.1 Å². The third-order valence-electron chi connectivity index (χ3n) is 6.85. The number of benzene rings is 1. The zero-order valence-electron chi connectivity index (χ0n) is 19.0. The topological polar surface area (TPSA) is 125 Å². The van der Waals surface area contributed by atoms with Gasteiger partial charge in [0, 0.05) is 32.4 Å². The van der Waals surface area contributed by atoms with Gasteiger partial charge in [-0.3, -0.25) is 14.5 Å². The van der Waals surface area contributed by atoms with Gasteiger partial charge in [-0.05, 0) is 61.6 Å². The molecule has 2 fully saturated rings. The van der Waals surface area contributed by atoms with Crippen LogP contribution in [0.3, 0.4) is 0 Å². The van der Waals surface area contributed by atoms with E-state index in [-0.39, 0.29) is 29.6 Å². The fourth-order valence-electron chi connectivity index (χ4n) is 5.13. The number of carbonyl (C=O) groups is 2. The number of aromatic nitrogens is 2. The molecule has 9 nitrogen and oxygen atoms in total. The fourth-order valence-corrected chi connectivity index (χ4v) is 5.13. The number of nitrogens with zero attached hydrogens (tertiary/aromatic N) is 4. The second kappa shape index (κ2) is 8.58. The van der Waals surface area contributed by atoms with Crippen molar-refractivity contribution in [3.05, 3.63) is 35.3 Å². The Hall–Kier alpha value is -3.27. The van der Waals surface area contributed by atoms with E-state index in [4.69, 9.17) is 5.73 Å². The van der Waals surface area contributed by atoms with Crippen molar-refractivity contribution >= 4 is 35.5 Å². The number of rotatable bonds is 8. The molecule has 2 aliphatic carbocycles. The molecule has 2 aromatic rings. The van der Waals surface area contributed by atoms with Gasteiger partial charge in [-0.25, -0.2) is 9.37 Å². The minimum atomic E-state index is -0.840. The molecule has 1 aromatic heterocycles. The van der Waals surface area contributed by atoms with Gasteiger partial charge in [-0.2, -0.15) is 4.98 Å². The number of halogens is 1. The molecule has 10 heteroatoms. The number of hydrogen-bond donors (Lipinski definition) is 3. The number of amides is 2. The van der Waals surface area contributed by atoms with Crippen molar-refractivity contribution in [2.75, 3.05) is 35.8 Å². The van der Waals surface area contributed by atoms with Crippen LogP contribution in [-0.2, 0) is 4.79 Å². The molecular weight excluding hydrogens is 427 g/mol. The lowest BCUT2D eigenvalue weighted by atomic mass is 9.50. The molecule has 2 amide bonds. The number of aryl methyl sites for hydroxylation is 1. The normalized spacial score (nSPS) is 23.4. The van der Waals surface area contributed by atoms with Crippen LogP contribution in [0.4, 0.5) is 27.5 Å². The summed E-state index contributed by atoms with van der Waals surface area (Å²) in [5.41, 5.74) is 6.93. The summed E-state index contributed by atoms with van der Waals surface area (Å²) in [7, 11) is 3.70. The first kappa shape index (κ1) is 22.9. The lowest BCUT2D eigenvalue weighted by Crippen LogP contribution is -2.57. The van der Waals surface area contributed by atoms with Crippen molar-refractivity contribution in [3.63, 3.8) is 0 Å².